The van der Waals surface area contributed by atoms with Crippen molar-refractivity contribution in [2.45, 2.75) is 25.7 Å². The third-order valence-corrected chi connectivity index (χ3v) is 12.0. The summed E-state index contributed by atoms with van der Waals surface area (Å²) in [5.74, 6) is 0. The van der Waals surface area contributed by atoms with E-state index in [4.69, 9.17) is 0 Å². The third kappa shape index (κ3) is 5.33. The lowest BCUT2D eigenvalue weighted by molar-refractivity contribution is 0.977. The molecule has 0 spiro atoms. The van der Waals surface area contributed by atoms with Crippen molar-refractivity contribution in [2.24, 2.45) is 0 Å². The Morgan fingerprint density at radius 1 is 0.268 bits per heavy atom. The molecular formula is C54H40N2. The summed E-state index contributed by atoms with van der Waals surface area (Å²) >= 11 is 0. The highest BCUT2D eigenvalue weighted by Crippen LogP contribution is 2.50. The van der Waals surface area contributed by atoms with Gasteiger partial charge >= 0.3 is 0 Å². The van der Waals surface area contributed by atoms with Crippen molar-refractivity contribution in [3.63, 3.8) is 0 Å². The van der Waals surface area contributed by atoms with Crippen LogP contribution in [0.25, 0.3) is 43.8 Å². The molecule has 2 heterocycles. The van der Waals surface area contributed by atoms with Gasteiger partial charge in [0.25, 0.3) is 0 Å². The standard InChI is InChI=1S/C54H40N2/c1-3-19-41(20-4-1)53-45-33-31-43(55-49-23-11-7-15-37(49)27-28-38-16-8-12-24-50(38)55)35-47(45)54(42-21-5-2-6-22-42)48-36-44(32-34-46(48)53)56-51-25-13-9-17-39(51)29-30-40-18-10-14-26-52(40)56/h1-26,31-36H,27-30H2. The lowest BCUT2D eigenvalue weighted by Crippen LogP contribution is -2.12. The van der Waals surface area contributed by atoms with Gasteiger partial charge in [-0.1, -0.05) is 146 Å². The van der Waals surface area contributed by atoms with Crippen molar-refractivity contribution in [3.05, 3.63) is 216 Å². The molecule has 266 valence electrons. The maximum absolute atomic E-state index is 2.50. The molecule has 0 radical (unpaired) electrons. The Morgan fingerprint density at radius 3 is 0.929 bits per heavy atom. The second kappa shape index (κ2) is 13.4. The SMILES string of the molecule is c1ccc(-c2c3ccc(N4c5ccccc5CCc5ccccc54)cc3c(-c3ccccc3)c3cc(N4c5ccccc5CCc5ccccc54)ccc23)cc1. The molecule has 0 bridgehead atoms. The number of para-hydroxylation sites is 4. The molecular weight excluding hydrogens is 677 g/mol. The molecule has 2 aliphatic rings. The molecule has 2 heteroatoms. The summed E-state index contributed by atoms with van der Waals surface area (Å²) in [5, 5.41) is 4.99. The van der Waals surface area contributed by atoms with Crippen LogP contribution in [-0.2, 0) is 25.7 Å². The molecule has 9 aromatic rings. The van der Waals surface area contributed by atoms with E-state index in [2.05, 4.69) is 204 Å². The zero-order chi connectivity index (χ0) is 37.0. The summed E-state index contributed by atoms with van der Waals surface area (Å²) in [6.07, 6.45) is 4.06. The van der Waals surface area contributed by atoms with Gasteiger partial charge in [0, 0.05) is 34.1 Å². The van der Waals surface area contributed by atoms with Crippen LogP contribution in [0, 0.1) is 0 Å². The van der Waals surface area contributed by atoms with Crippen molar-refractivity contribution in [2.75, 3.05) is 9.80 Å². The van der Waals surface area contributed by atoms with E-state index in [0.29, 0.717) is 0 Å². The molecule has 11 rings (SSSR count). The maximum atomic E-state index is 2.50. The van der Waals surface area contributed by atoms with E-state index >= 15 is 0 Å². The first-order chi connectivity index (χ1) is 27.8. The first-order valence-electron chi connectivity index (χ1n) is 19.9. The first-order valence-corrected chi connectivity index (χ1v) is 19.9. The highest BCUT2D eigenvalue weighted by atomic mass is 15.2. The Morgan fingerprint density at radius 2 is 0.571 bits per heavy atom. The molecule has 0 aromatic heterocycles. The normalized spacial score (nSPS) is 13.4. The molecule has 2 nitrogen and oxygen atoms in total. The number of nitrogens with zero attached hydrogens (tertiary/aromatic N) is 2. The summed E-state index contributed by atoms with van der Waals surface area (Å²) in [5.41, 5.74) is 17.8. The van der Waals surface area contributed by atoms with Crippen LogP contribution in [-0.4, -0.2) is 0 Å². The Bertz CT molecular complexity index is 2670. The van der Waals surface area contributed by atoms with E-state index in [1.807, 2.05) is 0 Å². The highest BCUT2D eigenvalue weighted by molar-refractivity contribution is 6.22. The van der Waals surface area contributed by atoms with Gasteiger partial charge in [-0.05, 0) is 140 Å². The minimum atomic E-state index is 1.01. The van der Waals surface area contributed by atoms with Crippen LogP contribution in [0.2, 0.25) is 0 Å². The third-order valence-electron chi connectivity index (χ3n) is 12.0. The Hall–Kier alpha value is -6.90. The quantitative estimate of drug-likeness (QED) is 0.167. The molecule has 0 N–H and O–H groups in total. The Labute approximate surface area is 328 Å². The number of benzene rings is 9. The Balaban J connectivity index is 1.25. The molecule has 0 saturated heterocycles. The van der Waals surface area contributed by atoms with Crippen LogP contribution in [0.3, 0.4) is 0 Å². The second-order valence-corrected chi connectivity index (χ2v) is 15.1. The number of anilines is 6. The predicted molar refractivity (Wildman–Crippen MR) is 237 cm³/mol. The fourth-order valence-corrected chi connectivity index (χ4v) is 9.43. The van der Waals surface area contributed by atoms with E-state index in [1.54, 1.807) is 0 Å². The van der Waals surface area contributed by atoms with Crippen LogP contribution in [0.1, 0.15) is 22.3 Å². The van der Waals surface area contributed by atoms with Gasteiger partial charge in [-0.3, -0.25) is 0 Å². The van der Waals surface area contributed by atoms with E-state index in [-0.39, 0.29) is 0 Å². The number of fused-ring (bicyclic) bond motifs is 6. The lowest BCUT2D eigenvalue weighted by atomic mass is 9.85. The summed E-state index contributed by atoms with van der Waals surface area (Å²) in [4.78, 5) is 5.00. The van der Waals surface area contributed by atoms with Crippen LogP contribution in [0.4, 0.5) is 34.1 Å². The van der Waals surface area contributed by atoms with Gasteiger partial charge in [-0.15, -0.1) is 0 Å². The van der Waals surface area contributed by atoms with Crippen LogP contribution < -0.4 is 9.80 Å². The minimum absolute atomic E-state index is 1.01. The molecule has 0 unspecified atom stereocenters. The van der Waals surface area contributed by atoms with E-state index in [9.17, 15) is 0 Å². The Kier molecular flexibility index (Phi) is 7.81. The van der Waals surface area contributed by atoms with Gasteiger partial charge in [0.1, 0.15) is 0 Å². The van der Waals surface area contributed by atoms with Crippen LogP contribution in [0.5, 0.6) is 0 Å². The fourth-order valence-electron chi connectivity index (χ4n) is 9.43. The van der Waals surface area contributed by atoms with Gasteiger partial charge in [0.05, 0.1) is 0 Å². The van der Waals surface area contributed by atoms with Gasteiger partial charge in [0.15, 0.2) is 0 Å². The average molecular weight is 717 g/mol. The van der Waals surface area contributed by atoms with Crippen molar-refractivity contribution in [1.29, 1.82) is 0 Å². The number of aryl methyl sites for hydroxylation is 4. The van der Waals surface area contributed by atoms with E-state index < -0.39 is 0 Å². The van der Waals surface area contributed by atoms with Crippen molar-refractivity contribution in [3.8, 4) is 22.3 Å². The number of hydrogen-bond donors (Lipinski definition) is 0. The average Bonchev–Trinajstić information content (AvgIpc) is 3.54. The summed E-state index contributed by atoms with van der Waals surface area (Å²) in [7, 11) is 0. The van der Waals surface area contributed by atoms with Gasteiger partial charge in [-0.25, -0.2) is 0 Å². The maximum Gasteiger partial charge on any atom is 0.0493 e. The molecule has 0 amide bonds. The molecule has 0 aliphatic carbocycles. The number of hydrogen-bond acceptors (Lipinski definition) is 2. The van der Waals surface area contributed by atoms with Crippen molar-refractivity contribution in [1.82, 2.24) is 0 Å². The monoisotopic (exact) mass is 716 g/mol. The summed E-state index contributed by atoms with van der Waals surface area (Å²) in [6.45, 7) is 0. The molecule has 0 atom stereocenters. The predicted octanol–water partition coefficient (Wildman–Crippen LogP) is 14.5. The molecule has 0 fully saturated rings. The lowest BCUT2D eigenvalue weighted by Gasteiger charge is -2.29. The molecule has 56 heavy (non-hydrogen) atoms. The summed E-state index contributed by atoms with van der Waals surface area (Å²) in [6, 6.07) is 72.2. The van der Waals surface area contributed by atoms with Crippen LogP contribution >= 0.6 is 0 Å². The van der Waals surface area contributed by atoms with E-state index in [0.717, 1.165) is 25.7 Å². The van der Waals surface area contributed by atoms with Gasteiger partial charge in [0.2, 0.25) is 0 Å². The second-order valence-electron chi connectivity index (χ2n) is 15.1. The largest absolute Gasteiger partial charge is 0.310 e. The summed E-state index contributed by atoms with van der Waals surface area (Å²) < 4.78 is 0. The minimum Gasteiger partial charge on any atom is -0.310 e. The highest BCUT2D eigenvalue weighted by Gasteiger charge is 2.26. The zero-order valence-electron chi connectivity index (χ0n) is 31.2. The van der Waals surface area contributed by atoms with Gasteiger partial charge in [-0.2, -0.15) is 0 Å². The fraction of sp³-hybridized carbons (Fsp3) is 0.0741. The smallest absolute Gasteiger partial charge is 0.0493 e. The first kappa shape index (κ1) is 32.5. The molecule has 9 aromatic carbocycles. The van der Waals surface area contributed by atoms with Crippen molar-refractivity contribution < 1.29 is 0 Å². The van der Waals surface area contributed by atoms with Crippen LogP contribution in [0.15, 0.2) is 194 Å². The topological polar surface area (TPSA) is 6.48 Å². The van der Waals surface area contributed by atoms with Crippen molar-refractivity contribution >= 4 is 55.7 Å². The number of rotatable bonds is 4. The molecule has 2 aliphatic heterocycles. The van der Waals surface area contributed by atoms with Gasteiger partial charge < -0.3 is 9.80 Å². The zero-order valence-corrected chi connectivity index (χ0v) is 31.2. The molecule has 0 saturated carbocycles. The van der Waals surface area contributed by atoms with E-state index in [1.165, 1.54) is 100 Å².